The van der Waals surface area contributed by atoms with Crippen molar-refractivity contribution in [1.29, 1.82) is 0 Å². The number of ether oxygens (including phenoxy) is 2. The van der Waals surface area contributed by atoms with Crippen LogP contribution in [-0.4, -0.2) is 24.7 Å². The van der Waals surface area contributed by atoms with Crippen LogP contribution in [-0.2, 0) is 4.74 Å². The van der Waals surface area contributed by atoms with Gasteiger partial charge in [-0.3, -0.25) is 0 Å². The molecule has 2 rings (SSSR count). The molecule has 2 aromatic rings. The van der Waals surface area contributed by atoms with Crippen LogP contribution in [0.15, 0.2) is 23.7 Å². The van der Waals surface area contributed by atoms with E-state index in [0.29, 0.717) is 33.5 Å². The van der Waals surface area contributed by atoms with Crippen molar-refractivity contribution in [1.82, 2.24) is 4.98 Å². The Balaban J connectivity index is 2.51. The predicted molar refractivity (Wildman–Crippen MR) is 75.1 cm³/mol. The topological polar surface area (TPSA) is 48.4 Å². The zero-order chi connectivity index (χ0) is 13.8. The van der Waals surface area contributed by atoms with E-state index in [1.807, 2.05) is 0 Å². The summed E-state index contributed by atoms with van der Waals surface area (Å²) in [6, 6.07) is 5.18. The lowest BCUT2D eigenvalue weighted by Crippen LogP contribution is -2.04. The highest BCUT2D eigenvalue weighted by Gasteiger charge is 2.20. The molecule has 0 spiro atoms. The van der Waals surface area contributed by atoms with E-state index in [2.05, 4.69) is 4.98 Å². The molecule has 0 aliphatic rings. The molecule has 0 atom stereocenters. The summed E-state index contributed by atoms with van der Waals surface area (Å²) < 4.78 is 10.3. The number of benzene rings is 1. The quantitative estimate of drug-likeness (QED) is 0.808. The van der Waals surface area contributed by atoms with E-state index in [9.17, 15) is 4.79 Å². The molecule has 0 aliphatic carbocycles. The summed E-state index contributed by atoms with van der Waals surface area (Å²) in [6.45, 7) is 2.08. The largest absolute Gasteiger partial charge is 0.496 e. The van der Waals surface area contributed by atoms with E-state index >= 15 is 0 Å². The summed E-state index contributed by atoms with van der Waals surface area (Å²) in [6.07, 6.45) is 0. The van der Waals surface area contributed by atoms with E-state index in [1.54, 1.807) is 37.7 Å². The van der Waals surface area contributed by atoms with Crippen LogP contribution in [0.1, 0.15) is 16.6 Å². The highest BCUT2D eigenvalue weighted by molar-refractivity contribution is 7.12. The van der Waals surface area contributed by atoms with Crippen LogP contribution in [0.2, 0.25) is 5.02 Å². The SMILES string of the molecule is CCOC(=O)c1scnc1-c1cc(Cl)ccc1OC. The lowest BCUT2D eigenvalue weighted by Gasteiger charge is -2.08. The van der Waals surface area contributed by atoms with Gasteiger partial charge in [-0.1, -0.05) is 11.6 Å². The minimum absolute atomic E-state index is 0.322. The Morgan fingerprint density at radius 1 is 1.47 bits per heavy atom. The van der Waals surface area contributed by atoms with Gasteiger partial charge in [-0.2, -0.15) is 0 Å². The molecular formula is C13H12ClNO3S. The van der Waals surface area contributed by atoms with Crippen LogP contribution in [0, 0.1) is 0 Å². The van der Waals surface area contributed by atoms with Crippen LogP contribution in [0.3, 0.4) is 0 Å². The van der Waals surface area contributed by atoms with Crippen molar-refractivity contribution < 1.29 is 14.3 Å². The van der Waals surface area contributed by atoms with Gasteiger partial charge >= 0.3 is 5.97 Å². The fourth-order valence-electron chi connectivity index (χ4n) is 1.64. The van der Waals surface area contributed by atoms with Gasteiger partial charge in [-0.05, 0) is 25.1 Å². The van der Waals surface area contributed by atoms with Gasteiger partial charge in [0, 0.05) is 10.6 Å². The normalized spacial score (nSPS) is 10.3. The molecule has 1 heterocycles. The monoisotopic (exact) mass is 297 g/mol. The highest BCUT2D eigenvalue weighted by Crippen LogP contribution is 2.35. The molecule has 0 N–H and O–H groups in total. The molecule has 100 valence electrons. The summed E-state index contributed by atoms with van der Waals surface area (Å²) >= 11 is 7.22. The zero-order valence-corrected chi connectivity index (χ0v) is 12.0. The molecule has 19 heavy (non-hydrogen) atoms. The van der Waals surface area contributed by atoms with Crippen molar-refractivity contribution in [3.8, 4) is 17.0 Å². The summed E-state index contributed by atoms with van der Waals surface area (Å²) in [5.41, 5.74) is 2.81. The molecule has 0 unspecified atom stereocenters. The van der Waals surface area contributed by atoms with Crippen molar-refractivity contribution in [2.45, 2.75) is 6.92 Å². The fourth-order valence-corrected chi connectivity index (χ4v) is 2.51. The Hall–Kier alpha value is -1.59. The molecule has 0 amide bonds. The third-order valence-electron chi connectivity index (χ3n) is 2.44. The maximum atomic E-state index is 11.9. The van der Waals surface area contributed by atoms with Crippen LogP contribution < -0.4 is 4.74 Å². The number of carbonyl (C=O) groups excluding carboxylic acids is 1. The number of esters is 1. The first kappa shape index (κ1) is 13.8. The second-order valence-corrected chi connectivity index (χ2v) is 4.89. The first-order chi connectivity index (χ1) is 9.17. The molecule has 0 saturated carbocycles. The van der Waals surface area contributed by atoms with Crippen molar-refractivity contribution in [3.05, 3.63) is 33.6 Å². The van der Waals surface area contributed by atoms with Crippen LogP contribution >= 0.6 is 22.9 Å². The van der Waals surface area contributed by atoms with E-state index in [-0.39, 0.29) is 5.97 Å². The number of methoxy groups -OCH3 is 1. The average Bonchev–Trinajstić information content (AvgIpc) is 2.88. The van der Waals surface area contributed by atoms with Gasteiger partial charge in [0.05, 0.1) is 24.9 Å². The summed E-state index contributed by atoms with van der Waals surface area (Å²) in [5, 5.41) is 0.554. The highest BCUT2D eigenvalue weighted by atomic mass is 35.5. The molecular weight excluding hydrogens is 286 g/mol. The zero-order valence-electron chi connectivity index (χ0n) is 10.5. The molecule has 0 bridgehead atoms. The summed E-state index contributed by atoms with van der Waals surface area (Å²) in [7, 11) is 1.56. The van der Waals surface area contributed by atoms with Gasteiger partial charge in [0.25, 0.3) is 0 Å². The Bertz CT molecular complexity index is 597. The van der Waals surface area contributed by atoms with Gasteiger partial charge in [-0.15, -0.1) is 11.3 Å². The number of halogens is 1. The number of nitrogens with zero attached hydrogens (tertiary/aromatic N) is 1. The van der Waals surface area contributed by atoms with Crippen LogP contribution in [0.5, 0.6) is 5.75 Å². The molecule has 0 aliphatic heterocycles. The number of thiazole rings is 1. The van der Waals surface area contributed by atoms with Crippen molar-refractivity contribution in [3.63, 3.8) is 0 Å². The lowest BCUT2D eigenvalue weighted by atomic mass is 10.1. The minimum atomic E-state index is -0.387. The Labute approximate surface area is 120 Å². The Morgan fingerprint density at radius 2 is 2.26 bits per heavy atom. The predicted octanol–water partition coefficient (Wildman–Crippen LogP) is 3.65. The van der Waals surface area contributed by atoms with Gasteiger partial charge < -0.3 is 9.47 Å². The van der Waals surface area contributed by atoms with Crippen molar-refractivity contribution in [2.75, 3.05) is 13.7 Å². The number of carbonyl (C=O) groups is 1. The van der Waals surface area contributed by atoms with Gasteiger partial charge in [-0.25, -0.2) is 9.78 Å². The minimum Gasteiger partial charge on any atom is -0.496 e. The maximum Gasteiger partial charge on any atom is 0.350 e. The van der Waals surface area contributed by atoms with Gasteiger partial charge in [0.1, 0.15) is 10.6 Å². The molecule has 6 heteroatoms. The second-order valence-electron chi connectivity index (χ2n) is 3.60. The number of aromatic nitrogens is 1. The van der Waals surface area contributed by atoms with E-state index in [0.717, 1.165) is 0 Å². The van der Waals surface area contributed by atoms with Gasteiger partial charge in [0.15, 0.2) is 0 Å². The smallest absolute Gasteiger partial charge is 0.350 e. The number of hydrogen-bond acceptors (Lipinski definition) is 5. The fraction of sp³-hybridized carbons (Fsp3) is 0.231. The van der Waals surface area contributed by atoms with Crippen molar-refractivity contribution in [2.24, 2.45) is 0 Å². The molecule has 0 fully saturated rings. The third kappa shape index (κ3) is 2.88. The summed E-state index contributed by atoms with van der Waals surface area (Å²) in [5.74, 6) is 0.225. The standard InChI is InChI=1S/C13H12ClNO3S/c1-3-18-13(16)12-11(15-7-19-12)9-6-8(14)4-5-10(9)17-2/h4-7H,3H2,1-2H3. The van der Waals surface area contributed by atoms with E-state index < -0.39 is 0 Å². The molecule has 4 nitrogen and oxygen atoms in total. The van der Waals surface area contributed by atoms with Gasteiger partial charge in [0.2, 0.25) is 0 Å². The Kier molecular flexibility index (Phi) is 4.39. The van der Waals surface area contributed by atoms with Crippen molar-refractivity contribution >= 4 is 28.9 Å². The molecule has 1 aromatic carbocycles. The molecule has 1 aromatic heterocycles. The van der Waals surface area contributed by atoms with E-state index in [4.69, 9.17) is 21.1 Å². The third-order valence-corrected chi connectivity index (χ3v) is 3.49. The van der Waals surface area contributed by atoms with E-state index in [1.165, 1.54) is 11.3 Å². The first-order valence-electron chi connectivity index (χ1n) is 5.62. The second kappa shape index (κ2) is 6.04. The van der Waals surface area contributed by atoms with Crippen LogP contribution in [0.25, 0.3) is 11.3 Å². The molecule has 0 saturated heterocycles. The lowest BCUT2D eigenvalue weighted by molar-refractivity contribution is 0.0532. The number of hydrogen-bond donors (Lipinski definition) is 0. The first-order valence-corrected chi connectivity index (χ1v) is 6.87. The number of rotatable bonds is 4. The Morgan fingerprint density at radius 3 is 2.95 bits per heavy atom. The summed E-state index contributed by atoms with van der Waals surface area (Å²) in [4.78, 5) is 16.5. The van der Waals surface area contributed by atoms with Crippen LogP contribution in [0.4, 0.5) is 0 Å². The maximum absolute atomic E-state index is 11.9. The average molecular weight is 298 g/mol. The molecule has 0 radical (unpaired) electrons.